The van der Waals surface area contributed by atoms with Crippen LogP contribution in [0.4, 0.5) is 0 Å². The number of hydrogen-bond acceptors (Lipinski definition) is 3. The van der Waals surface area contributed by atoms with E-state index in [0.717, 1.165) is 5.56 Å². The van der Waals surface area contributed by atoms with Gasteiger partial charge in [-0.05, 0) is 36.2 Å². The van der Waals surface area contributed by atoms with Crippen LogP contribution in [-0.4, -0.2) is 17.7 Å². The van der Waals surface area contributed by atoms with Crippen molar-refractivity contribution in [3.63, 3.8) is 0 Å². The Morgan fingerprint density at radius 2 is 2.04 bits per heavy atom. The van der Waals surface area contributed by atoms with Gasteiger partial charge in [-0.25, -0.2) is 4.79 Å². The number of carbonyl (C=O) groups excluding carboxylic acids is 1. The van der Waals surface area contributed by atoms with E-state index in [9.17, 15) is 4.79 Å². The molecule has 0 fully saturated rings. The maximum Gasteiger partial charge on any atom is 0.338 e. The number of thiocarbonyl (C=S) groups is 1. The maximum absolute atomic E-state index is 12.4. The summed E-state index contributed by atoms with van der Waals surface area (Å²) in [6.45, 7) is 9.87. The summed E-state index contributed by atoms with van der Waals surface area (Å²) < 4.78 is 5.21. The summed E-state index contributed by atoms with van der Waals surface area (Å²) in [6.07, 6.45) is 1.55. The molecule has 122 valence electrons. The summed E-state index contributed by atoms with van der Waals surface area (Å²) in [4.78, 5) is 12.4. The first kappa shape index (κ1) is 17.2. The van der Waals surface area contributed by atoms with Crippen LogP contribution in [0.15, 0.2) is 48.2 Å². The minimum Gasteiger partial charge on any atom is -0.458 e. The van der Waals surface area contributed by atoms with Crippen molar-refractivity contribution in [3.05, 3.63) is 59.3 Å². The van der Waals surface area contributed by atoms with E-state index < -0.39 is 0 Å². The van der Waals surface area contributed by atoms with Gasteiger partial charge >= 0.3 is 5.97 Å². The number of esters is 1. The quantitative estimate of drug-likeness (QED) is 0.493. The molecule has 0 amide bonds. The summed E-state index contributed by atoms with van der Waals surface area (Å²) in [5, 5.41) is 6.64. The van der Waals surface area contributed by atoms with E-state index in [4.69, 9.17) is 17.0 Å². The zero-order chi connectivity index (χ0) is 17.0. The van der Waals surface area contributed by atoms with Gasteiger partial charge in [-0.3, -0.25) is 0 Å². The number of nitrogens with one attached hydrogen (secondary N) is 2. The highest BCUT2D eigenvalue weighted by atomic mass is 32.1. The van der Waals surface area contributed by atoms with Crippen LogP contribution in [0.2, 0.25) is 0 Å². The molecule has 1 aromatic carbocycles. The van der Waals surface area contributed by atoms with Gasteiger partial charge in [-0.15, -0.1) is 0 Å². The van der Waals surface area contributed by atoms with Crippen molar-refractivity contribution >= 4 is 23.3 Å². The molecular weight excluding hydrogens is 308 g/mol. The monoisotopic (exact) mass is 330 g/mol. The fraction of sp³-hybridized carbons (Fsp3) is 0.333. The maximum atomic E-state index is 12.4. The van der Waals surface area contributed by atoms with E-state index in [1.54, 1.807) is 6.08 Å². The number of ether oxygens (including phenoxy) is 1. The summed E-state index contributed by atoms with van der Waals surface area (Å²) in [7, 11) is 0. The molecule has 2 rings (SSSR count). The Hall–Kier alpha value is -2.14. The van der Waals surface area contributed by atoms with Gasteiger partial charge in [0.2, 0.25) is 0 Å². The molecule has 4 nitrogen and oxygen atoms in total. The molecule has 0 radical (unpaired) electrons. The van der Waals surface area contributed by atoms with Crippen molar-refractivity contribution in [1.82, 2.24) is 10.6 Å². The van der Waals surface area contributed by atoms with Crippen molar-refractivity contribution < 1.29 is 9.53 Å². The number of benzene rings is 1. The number of carbonyl (C=O) groups is 1. The lowest BCUT2D eigenvalue weighted by atomic mass is 9.93. The Morgan fingerprint density at radius 3 is 2.61 bits per heavy atom. The molecule has 1 unspecified atom stereocenters. The van der Waals surface area contributed by atoms with E-state index in [2.05, 4.69) is 43.2 Å². The Bertz CT molecular complexity index is 647. The minimum atomic E-state index is -0.372. The van der Waals surface area contributed by atoms with Gasteiger partial charge in [0, 0.05) is 5.70 Å². The van der Waals surface area contributed by atoms with Crippen LogP contribution in [0.1, 0.15) is 43.9 Å². The van der Waals surface area contributed by atoms with Gasteiger partial charge in [-0.2, -0.15) is 0 Å². The summed E-state index contributed by atoms with van der Waals surface area (Å²) in [5.74, 6) is 0.0863. The first-order chi connectivity index (χ1) is 10.9. The number of hydrogen-bond donors (Lipinski definition) is 2. The van der Waals surface area contributed by atoms with Gasteiger partial charge in [0.25, 0.3) is 0 Å². The molecule has 0 saturated heterocycles. The third-order valence-corrected chi connectivity index (χ3v) is 3.98. The second-order valence-corrected chi connectivity index (χ2v) is 6.19. The Morgan fingerprint density at radius 1 is 1.39 bits per heavy atom. The van der Waals surface area contributed by atoms with Crippen LogP contribution in [0.25, 0.3) is 0 Å². The molecular formula is C18H22N2O2S. The standard InChI is InChI=1S/C18H22N2O2S/c1-5-10-22-17(21)15-12(4)19-18(23)20-16(15)14-8-6-13(7-9-14)11(2)3/h5-9,11,16H,1,10H2,2-4H3,(H2,19,20,23). The lowest BCUT2D eigenvalue weighted by molar-refractivity contribution is -0.138. The zero-order valence-corrected chi connectivity index (χ0v) is 14.5. The molecule has 1 aliphatic rings. The molecule has 5 heteroatoms. The average Bonchev–Trinajstić information content (AvgIpc) is 2.52. The lowest BCUT2D eigenvalue weighted by Crippen LogP contribution is -2.45. The summed E-state index contributed by atoms with van der Waals surface area (Å²) in [5.41, 5.74) is 3.48. The Balaban J connectivity index is 2.36. The minimum absolute atomic E-state index is 0.180. The van der Waals surface area contributed by atoms with Crippen LogP contribution in [0.5, 0.6) is 0 Å². The van der Waals surface area contributed by atoms with Gasteiger partial charge in [0.05, 0.1) is 11.6 Å². The van der Waals surface area contributed by atoms with Gasteiger partial charge in [0.15, 0.2) is 5.11 Å². The van der Waals surface area contributed by atoms with E-state index in [1.165, 1.54) is 5.56 Å². The van der Waals surface area contributed by atoms with Gasteiger partial charge < -0.3 is 15.4 Å². The summed E-state index contributed by atoms with van der Waals surface area (Å²) >= 11 is 5.23. The average molecular weight is 330 g/mol. The van der Waals surface area contributed by atoms with E-state index in [-0.39, 0.29) is 18.6 Å². The van der Waals surface area contributed by atoms with E-state index >= 15 is 0 Å². The molecule has 2 N–H and O–H groups in total. The predicted molar refractivity (Wildman–Crippen MR) is 96.0 cm³/mol. The van der Waals surface area contributed by atoms with Crippen molar-refractivity contribution in [1.29, 1.82) is 0 Å². The van der Waals surface area contributed by atoms with Gasteiger partial charge in [-0.1, -0.05) is 50.8 Å². The second kappa shape index (κ2) is 7.42. The van der Waals surface area contributed by atoms with Crippen molar-refractivity contribution in [3.8, 4) is 0 Å². The molecule has 23 heavy (non-hydrogen) atoms. The van der Waals surface area contributed by atoms with Crippen LogP contribution >= 0.6 is 12.2 Å². The first-order valence-electron chi connectivity index (χ1n) is 7.60. The smallest absolute Gasteiger partial charge is 0.338 e. The molecule has 0 saturated carbocycles. The Kier molecular flexibility index (Phi) is 5.55. The molecule has 0 bridgehead atoms. The van der Waals surface area contributed by atoms with E-state index in [0.29, 0.717) is 22.3 Å². The molecule has 1 aliphatic heterocycles. The zero-order valence-electron chi connectivity index (χ0n) is 13.7. The third kappa shape index (κ3) is 3.99. The number of allylic oxidation sites excluding steroid dienone is 1. The first-order valence-corrected chi connectivity index (χ1v) is 8.01. The molecule has 0 aromatic heterocycles. The molecule has 0 aliphatic carbocycles. The SMILES string of the molecule is C=CCOC(=O)C1=C(C)NC(=S)NC1c1ccc(C(C)C)cc1. The molecule has 1 aromatic rings. The normalized spacial score (nSPS) is 17.6. The highest BCUT2D eigenvalue weighted by Gasteiger charge is 2.30. The van der Waals surface area contributed by atoms with Crippen molar-refractivity contribution in [2.24, 2.45) is 0 Å². The Labute approximate surface area is 142 Å². The fourth-order valence-electron chi connectivity index (χ4n) is 2.50. The number of rotatable bonds is 5. The third-order valence-electron chi connectivity index (χ3n) is 3.76. The van der Waals surface area contributed by atoms with Crippen LogP contribution in [-0.2, 0) is 9.53 Å². The van der Waals surface area contributed by atoms with Crippen LogP contribution in [0.3, 0.4) is 0 Å². The fourth-order valence-corrected chi connectivity index (χ4v) is 2.77. The molecule has 1 atom stereocenters. The van der Waals surface area contributed by atoms with Crippen LogP contribution < -0.4 is 10.6 Å². The largest absolute Gasteiger partial charge is 0.458 e. The molecule has 1 heterocycles. The highest BCUT2D eigenvalue weighted by molar-refractivity contribution is 7.80. The second-order valence-electron chi connectivity index (χ2n) is 5.78. The van der Waals surface area contributed by atoms with Crippen molar-refractivity contribution in [2.75, 3.05) is 6.61 Å². The van der Waals surface area contributed by atoms with Crippen LogP contribution in [0, 0.1) is 0 Å². The van der Waals surface area contributed by atoms with Gasteiger partial charge in [0.1, 0.15) is 6.61 Å². The van der Waals surface area contributed by atoms with Crippen molar-refractivity contribution in [2.45, 2.75) is 32.7 Å². The predicted octanol–water partition coefficient (Wildman–Crippen LogP) is 3.33. The lowest BCUT2D eigenvalue weighted by Gasteiger charge is -2.30. The molecule has 0 spiro atoms. The summed E-state index contributed by atoms with van der Waals surface area (Å²) in [6, 6.07) is 7.88. The topological polar surface area (TPSA) is 50.4 Å². The van der Waals surface area contributed by atoms with E-state index in [1.807, 2.05) is 19.1 Å². The highest BCUT2D eigenvalue weighted by Crippen LogP contribution is 2.28.